The van der Waals surface area contributed by atoms with Gasteiger partial charge in [0.1, 0.15) is 11.4 Å². The summed E-state index contributed by atoms with van der Waals surface area (Å²) in [5, 5.41) is 0. The molecule has 2 aromatic rings. The molecule has 0 radical (unpaired) electrons. The van der Waals surface area contributed by atoms with Crippen molar-refractivity contribution in [3.8, 4) is 5.75 Å². The lowest BCUT2D eigenvalue weighted by Crippen LogP contribution is -2.25. The highest BCUT2D eigenvalue weighted by molar-refractivity contribution is 5.64. The maximum atomic E-state index is 11.2. The van der Waals surface area contributed by atoms with Crippen molar-refractivity contribution in [1.29, 1.82) is 0 Å². The van der Waals surface area contributed by atoms with E-state index in [1.54, 1.807) is 45.0 Å². The van der Waals surface area contributed by atoms with Crippen molar-refractivity contribution in [2.75, 3.05) is 0 Å². The summed E-state index contributed by atoms with van der Waals surface area (Å²) < 4.78 is 21.4. The molecule has 0 bridgehead atoms. The van der Waals surface area contributed by atoms with Gasteiger partial charge in [-0.05, 0) is 39.8 Å². The summed E-state index contributed by atoms with van der Waals surface area (Å²) in [6, 6.07) is 19.1. The molecule has 0 aliphatic heterocycles. The first-order valence-corrected chi connectivity index (χ1v) is 6.84. The number of hydrogen-bond acceptors (Lipinski definition) is 3. The zero-order valence-electron chi connectivity index (χ0n) is 17.0. The fourth-order valence-corrected chi connectivity index (χ4v) is 1.39. The molecule has 2 rings (SSSR count). The van der Waals surface area contributed by atoms with Crippen molar-refractivity contribution >= 4 is 6.16 Å². The summed E-state index contributed by atoms with van der Waals surface area (Å²) >= 11 is 0. The average Bonchev–Trinajstić information content (AvgIpc) is 2.59. The van der Waals surface area contributed by atoms with Gasteiger partial charge in [-0.15, -0.1) is 0 Å². The first kappa shape index (κ1) is 18.8. The van der Waals surface area contributed by atoms with Gasteiger partial charge >= 0.3 is 6.16 Å². The maximum Gasteiger partial charge on any atom is 0.514 e. The molecular weight excluding hydrogens is 288 g/mol. The van der Waals surface area contributed by atoms with Gasteiger partial charge in [0, 0.05) is 2.74 Å². The minimum absolute atomic E-state index is 0.488. The van der Waals surface area contributed by atoms with Crippen LogP contribution in [-0.4, -0.2) is 11.8 Å². The summed E-state index contributed by atoms with van der Waals surface area (Å²) in [6.07, 6.45) is -0.677. The van der Waals surface area contributed by atoms with Crippen LogP contribution in [0.2, 0.25) is 0 Å². The Morgan fingerprint density at radius 3 is 1.70 bits per heavy atom. The van der Waals surface area contributed by atoms with Crippen LogP contribution >= 0.6 is 0 Å². The van der Waals surface area contributed by atoms with Crippen molar-refractivity contribution in [3.63, 3.8) is 0 Å². The molecule has 0 heterocycles. The van der Waals surface area contributed by atoms with Gasteiger partial charge < -0.3 is 9.47 Å². The van der Waals surface area contributed by atoms with Crippen molar-refractivity contribution in [3.05, 3.63) is 66.2 Å². The SMILES string of the molecule is CC(C)(C)OC(=O)Oc1ccccc1.Cc1ccccc1.[3H]C.[3H]C. The predicted octanol–water partition coefficient (Wildman–Crippen LogP) is 6.27. The molecule has 0 amide bonds. The Kier molecular flexibility index (Phi) is 9.22. The van der Waals surface area contributed by atoms with Gasteiger partial charge in [-0.2, -0.15) is 0 Å². The Bertz CT molecular complexity index is 538. The molecule has 0 N–H and O–H groups in total. The van der Waals surface area contributed by atoms with E-state index in [1.807, 2.05) is 24.3 Å². The zero-order valence-corrected chi connectivity index (χ0v) is 15.0. The van der Waals surface area contributed by atoms with Gasteiger partial charge in [0.15, 0.2) is 0 Å². The van der Waals surface area contributed by atoms with Crippen LogP contribution in [0.4, 0.5) is 4.79 Å². The number of rotatable bonds is 1. The number of carbonyl (C=O) groups excluding carboxylic acids is 1. The van der Waals surface area contributed by atoms with E-state index in [2.05, 4.69) is 19.1 Å². The van der Waals surface area contributed by atoms with E-state index in [9.17, 15) is 4.79 Å². The highest BCUT2D eigenvalue weighted by Crippen LogP contribution is 2.13. The summed E-state index contributed by atoms with van der Waals surface area (Å²) in [7, 11) is 2.50. The third-order valence-corrected chi connectivity index (χ3v) is 2.27. The lowest BCUT2D eigenvalue weighted by molar-refractivity contribution is 0.0206. The topological polar surface area (TPSA) is 35.5 Å². The molecule has 3 heteroatoms. The Hall–Kier alpha value is -2.29. The van der Waals surface area contributed by atoms with Crippen molar-refractivity contribution < 1.29 is 17.0 Å². The Morgan fingerprint density at radius 2 is 1.35 bits per heavy atom. The Balaban J connectivity index is 0. The molecule has 3 nitrogen and oxygen atoms in total. The molecule has 0 aliphatic rings. The van der Waals surface area contributed by atoms with Gasteiger partial charge in [-0.3, -0.25) is 0 Å². The number of ether oxygens (including phenoxy) is 2. The minimum Gasteiger partial charge on any atom is -0.428 e. The molecule has 0 saturated carbocycles. The fraction of sp³-hybridized carbons (Fsp3) is 0.350. The highest BCUT2D eigenvalue weighted by atomic mass is 16.7. The van der Waals surface area contributed by atoms with Crippen LogP contribution in [0.3, 0.4) is 0 Å². The number of benzene rings is 2. The molecule has 0 atom stereocenters. The summed E-state index contributed by atoms with van der Waals surface area (Å²) in [5.41, 5.74) is 0.800. The molecular formula is C20H30O3. The minimum atomic E-state index is -0.677. The van der Waals surface area contributed by atoms with Crippen LogP contribution < -0.4 is 4.74 Å². The number of hydrogen-bond donors (Lipinski definition) is 0. The van der Waals surface area contributed by atoms with Crippen LogP contribution in [0.5, 0.6) is 5.75 Å². The summed E-state index contributed by atoms with van der Waals surface area (Å²) in [6.45, 7) is 7.46. The van der Waals surface area contributed by atoms with E-state index in [0.29, 0.717) is 5.75 Å². The first-order valence-electron chi connectivity index (χ1n) is 8.84. The predicted molar refractivity (Wildman–Crippen MR) is 97.9 cm³/mol. The van der Waals surface area contributed by atoms with Gasteiger partial charge in [-0.25, -0.2) is 4.79 Å². The van der Waals surface area contributed by atoms with E-state index >= 15 is 0 Å². The van der Waals surface area contributed by atoms with Crippen LogP contribution in [0.25, 0.3) is 0 Å². The van der Waals surface area contributed by atoms with E-state index in [4.69, 9.17) is 12.2 Å². The zero-order chi connectivity index (χ0) is 19.7. The van der Waals surface area contributed by atoms with Crippen molar-refractivity contribution in [2.45, 2.75) is 48.1 Å². The van der Waals surface area contributed by atoms with Gasteiger partial charge in [-0.1, -0.05) is 68.9 Å². The third-order valence-electron chi connectivity index (χ3n) is 2.27. The molecule has 0 saturated heterocycles. The van der Waals surface area contributed by atoms with Crippen LogP contribution in [-0.2, 0) is 4.74 Å². The van der Waals surface area contributed by atoms with Crippen molar-refractivity contribution in [1.82, 2.24) is 0 Å². The van der Waals surface area contributed by atoms with E-state index in [-0.39, 0.29) is 0 Å². The summed E-state index contributed by atoms with van der Waals surface area (Å²) in [5.74, 6) is 0.488. The number of aryl methyl sites for hydroxylation is 1. The second kappa shape index (κ2) is 11.3. The average molecular weight is 322 g/mol. The van der Waals surface area contributed by atoms with Crippen LogP contribution in [0.1, 0.15) is 43.9 Å². The van der Waals surface area contributed by atoms with Gasteiger partial charge in [0.05, 0.1) is 0 Å². The van der Waals surface area contributed by atoms with Crippen LogP contribution in [0, 0.1) is 6.92 Å². The maximum absolute atomic E-state index is 11.2. The lowest BCUT2D eigenvalue weighted by Gasteiger charge is -2.18. The molecule has 23 heavy (non-hydrogen) atoms. The monoisotopic (exact) mass is 322 g/mol. The standard InChI is InChI=1S/C11H14O3.C7H8.2CH4/c1-11(2,3)14-10(12)13-9-7-5-4-6-8-9;1-7-5-3-2-4-6-7;;/h4-8H,1-3H3;2-6H,1H3;2*1H4/i;;2*1T. The lowest BCUT2D eigenvalue weighted by atomic mass is 10.2. The Morgan fingerprint density at radius 1 is 0.913 bits per heavy atom. The quantitative estimate of drug-likeness (QED) is 0.458. The smallest absolute Gasteiger partial charge is 0.428 e. The molecule has 0 fully saturated rings. The first-order chi connectivity index (χ1) is 11.9. The third kappa shape index (κ3) is 12.0. The van der Waals surface area contributed by atoms with E-state index < -0.39 is 11.8 Å². The van der Waals surface area contributed by atoms with E-state index in [1.165, 1.54) is 20.4 Å². The highest BCUT2D eigenvalue weighted by Gasteiger charge is 2.17. The molecule has 128 valence electrons. The van der Waals surface area contributed by atoms with E-state index in [0.717, 1.165) is 0 Å². The van der Waals surface area contributed by atoms with Crippen molar-refractivity contribution in [2.24, 2.45) is 0 Å². The Labute approximate surface area is 144 Å². The molecule has 2 aromatic carbocycles. The largest absolute Gasteiger partial charge is 0.514 e. The summed E-state index contributed by atoms with van der Waals surface area (Å²) in [4.78, 5) is 11.2. The normalized spacial score (nSPS) is 9.83. The molecule has 0 aromatic heterocycles. The molecule has 0 spiro atoms. The molecule has 0 aliphatic carbocycles. The fourth-order valence-electron chi connectivity index (χ4n) is 1.39. The number of carbonyl (C=O) groups is 1. The van der Waals surface area contributed by atoms with Gasteiger partial charge in [0.2, 0.25) is 0 Å². The molecule has 0 unspecified atom stereocenters. The number of para-hydroxylation sites is 1. The second-order valence-electron chi connectivity index (χ2n) is 5.53. The second-order valence-corrected chi connectivity index (χ2v) is 5.53. The van der Waals surface area contributed by atoms with Crippen LogP contribution in [0.15, 0.2) is 60.7 Å². The van der Waals surface area contributed by atoms with Gasteiger partial charge in [0.25, 0.3) is 0 Å².